The maximum atomic E-state index is 4.85. The summed E-state index contributed by atoms with van der Waals surface area (Å²) in [5.74, 6) is 0. The summed E-state index contributed by atoms with van der Waals surface area (Å²) in [6, 6.07) is 0.592. The number of aromatic nitrogens is 1. The molecule has 4 heteroatoms. The Balaban J connectivity index is 2.87. The Kier molecular flexibility index (Phi) is 6.46. The normalized spacial score (nSPS) is 12.2. The van der Waals surface area contributed by atoms with Gasteiger partial charge in [0.05, 0.1) is 5.69 Å². The molecule has 0 aliphatic heterocycles. The number of nitrogens with zero attached hydrogens (tertiary/aromatic N) is 2. The van der Waals surface area contributed by atoms with E-state index in [1.54, 1.807) is 0 Å². The number of aryl methyl sites for hydroxylation is 1. The van der Waals surface area contributed by atoms with Crippen LogP contribution < -0.4 is 10.2 Å². The SMILES string of the molecule is CCc1nc(N(C)C(CC)CC)sc1CNC(C)(C)C. The highest BCUT2D eigenvalue weighted by molar-refractivity contribution is 7.15. The first kappa shape index (κ1) is 17.4. The number of anilines is 1. The number of rotatable bonds is 7. The molecule has 1 aromatic rings. The van der Waals surface area contributed by atoms with Crippen molar-refractivity contribution in [2.24, 2.45) is 0 Å². The van der Waals surface area contributed by atoms with E-state index in [2.05, 4.69) is 58.8 Å². The molecule has 1 rings (SSSR count). The molecule has 0 saturated heterocycles. The molecule has 3 nitrogen and oxygen atoms in total. The molecule has 0 amide bonds. The standard InChI is InChI=1S/C16H31N3S/c1-8-12(9-2)19(7)15-18-13(10-3)14(20-15)11-17-16(4,5)6/h12,17H,8-11H2,1-7H3. The molecule has 0 aliphatic carbocycles. The molecular formula is C16H31N3S. The summed E-state index contributed by atoms with van der Waals surface area (Å²) in [5.41, 5.74) is 1.40. The van der Waals surface area contributed by atoms with E-state index in [1.165, 1.54) is 28.5 Å². The van der Waals surface area contributed by atoms with Crippen LogP contribution in [-0.4, -0.2) is 23.6 Å². The Labute approximate surface area is 128 Å². The summed E-state index contributed by atoms with van der Waals surface area (Å²) in [6.45, 7) is 14.2. The highest BCUT2D eigenvalue weighted by Crippen LogP contribution is 2.28. The van der Waals surface area contributed by atoms with Crippen molar-refractivity contribution in [3.8, 4) is 0 Å². The Morgan fingerprint density at radius 3 is 2.25 bits per heavy atom. The number of nitrogens with one attached hydrogen (secondary N) is 1. The average Bonchev–Trinajstić information content (AvgIpc) is 2.80. The predicted molar refractivity (Wildman–Crippen MR) is 90.9 cm³/mol. The number of thiazole rings is 1. The molecule has 0 atom stereocenters. The minimum Gasteiger partial charge on any atom is -0.348 e. The van der Waals surface area contributed by atoms with Gasteiger partial charge in [-0.1, -0.05) is 20.8 Å². The van der Waals surface area contributed by atoms with Gasteiger partial charge in [-0.15, -0.1) is 11.3 Å². The minimum atomic E-state index is 0.149. The van der Waals surface area contributed by atoms with Crippen LogP contribution in [0.4, 0.5) is 5.13 Å². The van der Waals surface area contributed by atoms with Crippen LogP contribution in [0.25, 0.3) is 0 Å². The number of hydrogen-bond donors (Lipinski definition) is 1. The fourth-order valence-corrected chi connectivity index (χ4v) is 3.39. The van der Waals surface area contributed by atoms with Gasteiger partial charge in [-0.2, -0.15) is 0 Å². The van der Waals surface area contributed by atoms with Crippen LogP contribution in [0.2, 0.25) is 0 Å². The van der Waals surface area contributed by atoms with Gasteiger partial charge in [0.25, 0.3) is 0 Å². The van der Waals surface area contributed by atoms with Gasteiger partial charge in [0, 0.05) is 30.1 Å². The van der Waals surface area contributed by atoms with Gasteiger partial charge >= 0.3 is 0 Å². The fourth-order valence-electron chi connectivity index (χ4n) is 2.27. The zero-order valence-corrected chi connectivity index (χ0v) is 15.0. The van der Waals surface area contributed by atoms with E-state index in [4.69, 9.17) is 4.98 Å². The molecular weight excluding hydrogens is 266 g/mol. The van der Waals surface area contributed by atoms with Crippen molar-refractivity contribution in [3.05, 3.63) is 10.6 Å². The van der Waals surface area contributed by atoms with Crippen molar-refractivity contribution in [1.82, 2.24) is 10.3 Å². The first-order valence-electron chi connectivity index (χ1n) is 7.78. The third-order valence-corrected chi connectivity index (χ3v) is 4.86. The average molecular weight is 298 g/mol. The fraction of sp³-hybridized carbons (Fsp3) is 0.812. The highest BCUT2D eigenvalue weighted by Gasteiger charge is 2.18. The molecule has 0 aliphatic rings. The molecule has 0 aromatic carbocycles. The second-order valence-corrected chi connectivity index (χ2v) is 7.47. The third-order valence-electron chi connectivity index (χ3n) is 3.67. The molecule has 1 heterocycles. The summed E-state index contributed by atoms with van der Waals surface area (Å²) in [5, 5.41) is 4.74. The van der Waals surface area contributed by atoms with Gasteiger partial charge < -0.3 is 10.2 Å². The zero-order valence-electron chi connectivity index (χ0n) is 14.2. The van der Waals surface area contributed by atoms with Crippen LogP contribution in [0.1, 0.15) is 65.0 Å². The second-order valence-electron chi connectivity index (χ2n) is 6.40. The van der Waals surface area contributed by atoms with Crippen LogP contribution in [0.3, 0.4) is 0 Å². The molecule has 0 saturated carbocycles. The lowest BCUT2D eigenvalue weighted by Crippen LogP contribution is -2.35. The Bertz CT molecular complexity index is 402. The summed E-state index contributed by atoms with van der Waals surface area (Å²) in [4.78, 5) is 8.59. The minimum absolute atomic E-state index is 0.149. The quantitative estimate of drug-likeness (QED) is 0.817. The van der Waals surface area contributed by atoms with Crippen LogP contribution in [-0.2, 0) is 13.0 Å². The summed E-state index contributed by atoms with van der Waals surface area (Å²) >= 11 is 1.84. The Morgan fingerprint density at radius 2 is 1.80 bits per heavy atom. The zero-order chi connectivity index (χ0) is 15.3. The maximum absolute atomic E-state index is 4.85. The van der Waals surface area contributed by atoms with Crippen molar-refractivity contribution in [1.29, 1.82) is 0 Å². The largest absolute Gasteiger partial charge is 0.348 e. The Hall–Kier alpha value is -0.610. The van der Waals surface area contributed by atoms with Crippen molar-refractivity contribution in [3.63, 3.8) is 0 Å². The smallest absolute Gasteiger partial charge is 0.185 e. The molecule has 1 N–H and O–H groups in total. The van der Waals surface area contributed by atoms with Crippen molar-refractivity contribution in [2.75, 3.05) is 11.9 Å². The molecule has 0 unspecified atom stereocenters. The van der Waals surface area contributed by atoms with Crippen molar-refractivity contribution >= 4 is 16.5 Å². The predicted octanol–water partition coefficient (Wildman–Crippen LogP) is 4.22. The molecule has 0 spiro atoms. The van der Waals surface area contributed by atoms with Gasteiger partial charge in [0.2, 0.25) is 0 Å². The molecule has 0 bridgehead atoms. The molecule has 0 radical (unpaired) electrons. The van der Waals surface area contributed by atoms with E-state index in [0.717, 1.165) is 13.0 Å². The van der Waals surface area contributed by atoms with E-state index < -0.39 is 0 Å². The van der Waals surface area contributed by atoms with E-state index >= 15 is 0 Å². The lowest BCUT2D eigenvalue weighted by Gasteiger charge is -2.25. The highest BCUT2D eigenvalue weighted by atomic mass is 32.1. The molecule has 20 heavy (non-hydrogen) atoms. The first-order valence-corrected chi connectivity index (χ1v) is 8.60. The molecule has 0 fully saturated rings. The van der Waals surface area contributed by atoms with Gasteiger partial charge in [-0.05, 0) is 40.0 Å². The summed E-state index contributed by atoms with van der Waals surface area (Å²) in [7, 11) is 2.18. The third kappa shape index (κ3) is 4.74. The number of hydrogen-bond acceptors (Lipinski definition) is 4. The van der Waals surface area contributed by atoms with Gasteiger partial charge in [0.15, 0.2) is 5.13 Å². The van der Waals surface area contributed by atoms with Gasteiger partial charge in [0.1, 0.15) is 0 Å². The van der Waals surface area contributed by atoms with Crippen molar-refractivity contribution in [2.45, 2.75) is 78.9 Å². The lowest BCUT2D eigenvalue weighted by atomic mass is 10.1. The van der Waals surface area contributed by atoms with E-state index in [9.17, 15) is 0 Å². The molecule has 1 aromatic heterocycles. The van der Waals surface area contributed by atoms with Gasteiger partial charge in [-0.3, -0.25) is 0 Å². The molecule has 116 valence electrons. The van der Waals surface area contributed by atoms with Crippen molar-refractivity contribution < 1.29 is 0 Å². The first-order chi connectivity index (χ1) is 9.32. The topological polar surface area (TPSA) is 28.2 Å². The van der Waals surface area contributed by atoms with E-state index in [-0.39, 0.29) is 5.54 Å². The van der Waals surface area contributed by atoms with E-state index in [1.807, 2.05) is 11.3 Å². The van der Waals surface area contributed by atoms with Crippen LogP contribution in [0.15, 0.2) is 0 Å². The maximum Gasteiger partial charge on any atom is 0.185 e. The lowest BCUT2D eigenvalue weighted by molar-refractivity contribution is 0.425. The summed E-state index contributed by atoms with van der Waals surface area (Å²) < 4.78 is 0. The monoisotopic (exact) mass is 297 g/mol. The van der Waals surface area contributed by atoms with Crippen LogP contribution in [0.5, 0.6) is 0 Å². The summed E-state index contributed by atoms with van der Waals surface area (Å²) in [6.07, 6.45) is 3.35. The van der Waals surface area contributed by atoms with Crippen LogP contribution in [0, 0.1) is 0 Å². The van der Waals surface area contributed by atoms with Gasteiger partial charge in [-0.25, -0.2) is 4.98 Å². The van der Waals surface area contributed by atoms with Crippen LogP contribution >= 0.6 is 11.3 Å². The Morgan fingerprint density at radius 1 is 1.20 bits per heavy atom. The van der Waals surface area contributed by atoms with E-state index in [0.29, 0.717) is 6.04 Å². The second kappa shape index (κ2) is 7.41.